The van der Waals surface area contributed by atoms with Crippen LogP contribution in [0.3, 0.4) is 0 Å². The highest BCUT2D eigenvalue weighted by Crippen LogP contribution is 2.20. The Kier molecular flexibility index (Phi) is 5.22. The lowest BCUT2D eigenvalue weighted by Crippen LogP contribution is -2.37. The summed E-state index contributed by atoms with van der Waals surface area (Å²) in [6, 6.07) is 18.9. The van der Waals surface area contributed by atoms with Crippen LogP contribution in [0.1, 0.15) is 22.7 Å². The Balaban J connectivity index is 1.64. The van der Waals surface area contributed by atoms with E-state index in [-0.39, 0.29) is 6.04 Å². The third kappa shape index (κ3) is 3.95. The SMILES string of the molecule is N[C@H](c1ccccc1)c1cccc(CCN2CCOCC2)c1. The molecule has 2 aromatic rings. The van der Waals surface area contributed by atoms with Crippen LogP contribution < -0.4 is 5.73 Å². The van der Waals surface area contributed by atoms with Crippen molar-refractivity contribution in [1.82, 2.24) is 4.90 Å². The van der Waals surface area contributed by atoms with Crippen molar-refractivity contribution >= 4 is 0 Å². The summed E-state index contributed by atoms with van der Waals surface area (Å²) in [5, 5.41) is 0. The zero-order valence-corrected chi connectivity index (χ0v) is 12.9. The van der Waals surface area contributed by atoms with Gasteiger partial charge in [-0.3, -0.25) is 4.90 Å². The first-order valence-electron chi connectivity index (χ1n) is 8.02. The minimum Gasteiger partial charge on any atom is -0.379 e. The molecule has 1 aliphatic rings. The molecule has 0 aromatic heterocycles. The largest absolute Gasteiger partial charge is 0.379 e. The molecule has 0 unspecified atom stereocenters. The maximum Gasteiger partial charge on any atom is 0.0594 e. The Morgan fingerprint density at radius 3 is 2.45 bits per heavy atom. The van der Waals surface area contributed by atoms with Crippen LogP contribution in [0, 0.1) is 0 Å². The predicted octanol–water partition coefficient (Wildman–Crippen LogP) is 2.61. The summed E-state index contributed by atoms with van der Waals surface area (Å²) in [4.78, 5) is 2.47. The highest BCUT2D eigenvalue weighted by atomic mass is 16.5. The molecule has 1 atom stereocenters. The average molecular weight is 296 g/mol. The van der Waals surface area contributed by atoms with Gasteiger partial charge in [-0.25, -0.2) is 0 Å². The Morgan fingerprint density at radius 2 is 1.68 bits per heavy atom. The highest BCUT2D eigenvalue weighted by molar-refractivity contribution is 5.33. The Hall–Kier alpha value is -1.68. The fourth-order valence-electron chi connectivity index (χ4n) is 2.91. The van der Waals surface area contributed by atoms with E-state index >= 15 is 0 Å². The molecule has 116 valence electrons. The van der Waals surface area contributed by atoms with E-state index in [0.717, 1.165) is 44.8 Å². The van der Waals surface area contributed by atoms with Crippen molar-refractivity contribution in [2.24, 2.45) is 5.73 Å². The lowest BCUT2D eigenvalue weighted by molar-refractivity contribution is 0.0384. The number of ether oxygens (including phenoxy) is 1. The molecule has 2 aromatic carbocycles. The van der Waals surface area contributed by atoms with Crippen LogP contribution in [0.5, 0.6) is 0 Å². The van der Waals surface area contributed by atoms with Gasteiger partial charge in [0.2, 0.25) is 0 Å². The van der Waals surface area contributed by atoms with Crippen LogP contribution in [0.15, 0.2) is 54.6 Å². The van der Waals surface area contributed by atoms with Gasteiger partial charge in [0.25, 0.3) is 0 Å². The van der Waals surface area contributed by atoms with Gasteiger partial charge in [0.1, 0.15) is 0 Å². The van der Waals surface area contributed by atoms with Gasteiger partial charge in [-0.05, 0) is 23.1 Å². The maximum atomic E-state index is 6.40. The monoisotopic (exact) mass is 296 g/mol. The van der Waals surface area contributed by atoms with Gasteiger partial charge >= 0.3 is 0 Å². The van der Waals surface area contributed by atoms with E-state index < -0.39 is 0 Å². The number of morpholine rings is 1. The summed E-state index contributed by atoms with van der Waals surface area (Å²) in [5.41, 5.74) is 10.1. The van der Waals surface area contributed by atoms with Crippen molar-refractivity contribution in [3.8, 4) is 0 Å². The van der Waals surface area contributed by atoms with E-state index in [2.05, 4.69) is 41.3 Å². The molecular formula is C19H24N2O. The van der Waals surface area contributed by atoms with Crippen LogP contribution in [0.25, 0.3) is 0 Å². The molecule has 1 heterocycles. The summed E-state index contributed by atoms with van der Waals surface area (Å²) in [6.07, 6.45) is 1.06. The molecule has 3 rings (SSSR count). The van der Waals surface area contributed by atoms with E-state index in [0.29, 0.717) is 0 Å². The van der Waals surface area contributed by atoms with Crippen molar-refractivity contribution in [3.63, 3.8) is 0 Å². The van der Waals surface area contributed by atoms with Crippen LogP contribution >= 0.6 is 0 Å². The topological polar surface area (TPSA) is 38.5 Å². The van der Waals surface area contributed by atoms with Crippen molar-refractivity contribution in [2.45, 2.75) is 12.5 Å². The molecule has 0 radical (unpaired) electrons. The summed E-state index contributed by atoms with van der Waals surface area (Å²) >= 11 is 0. The third-order valence-electron chi connectivity index (χ3n) is 4.29. The van der Waals surface area contributed by atoms with Crippen molar-refractivity contribution < 1.29 is 4.74 Å². The zero-order chi connectivity index (χ0) is 15.2. The number of nitrogens with two attached hydrogens (primary N) is 1. The van der Waals surface area contributed by atoms with Crippen molar-refractivity contribution in [2.75, 3.05) is 32.8 Å². The van der Waals surface area contributed by atoms with Crippen molar-refractivity contribution in [1.29, 1.82) is 0 Å². The average Bonchev–Trinajstić information content (AvgIpc) is 2.61. The number of hydrogen-bond acceptors (Lipinski definition) is 3. The van der Waals surface area contributed by atoms with Gasteiger partial charge in [-0.1, -0.05) is 54.6 Å². The van der Waals surface area contributed by atoms with E-state index in [9.17, 15) is 0 Å². The normalized spacial score (nSPS) is 17.3. The number of nitrogens with zero attached hydrogens (tertiary/aromatic N) is 1. The number of hydrogen-bond donors (Lipinski definition) is 1. The zero-order valence-electron chi connectivity index (χ0n) is 12.9. The van der Waals surface area contributed by atoms with Crippen LogP contribution in [0.4, 0.5) is 0 Å². The molecular weight excluding hydrogens is 272 g/mol. The molecule has 2 N–H and O–H groups in total. The molecule has 0 saturated carbocycles. The molecule has 1 aliphatic heterocycles. The van der Waals surface area contributed by atoms with Gasteiger partial charge in [-0.15, -0.1) is 0 Å². The second-order valence-corrected chi connectivity index (χ2v) is 5.84. The summed E-state index contributed by atoms with van der Waals surface area (Å²) < 4.78 is 5.39. The van der Waals surface area contributed by atoms with Gasteiger partial charge in [0, 0.05) is 19.6 Å². The van der Waals surface area contributed by atoms with E-state index in [1.54, 1.807) is 0 Å². The highest BCUT2D eigenvalue weighted by Gasteiger charge is 2.11. The Bertz CT molecular complexity index is 579. The molecule has 0 spiro atoms. The summed E-state index contributed by atoms with van der Waals surface area (Å²) in [6.45, 7) is 4.90. The van der Waals surface area contributed by atoms with E-state index in [1.165, 1.54) is 11.1 Å². The second kappa shape index (κ2) is 7.54. The second-order valence-electron chi connectivity index (χ2n) is 5.84. The van der Waals surface area contributed by atoms with Gasteiger partial charge < -0.3 is 10.5 Å². The third-order valence-corrected chi connectivity index (χ3v) is 4.29. The maximum absolute atomic E-state index is 6.40. The van der Waals surface area contributed by atoms with Gasteiger partial charge in [-0.2, -0.15) is 0 Å². The predicted molar refractivity (Wildman–Crippen MR) is 89.9 cm³/mol. The minimum absolute atomic E-state index is 0.0514. The molecule has 22 heavy (non-hydrogen) atoms. The standard InChI is InChI=1S/C19H24N2O/c20-19(17-6-2-1-3-7-17)18-8-4-5-16(15-18)9-10-21-11-13-22-14-12-21/h1-8,15,19H,9-14,20H2/t19-/m1/s1. The smallest absolute Gasteiger partial charge is 0.0594 e. The lowest BCUT2D eigenvalue weighted by Gasteiger charge is -2.26. The first-order valence-corrected chi connectivity index (χ1v) is 8.02. The van der Waals surface area contributed by atoms with Crippen LogP contribution in [-0.4, -0.2) is 37.7 Å². The fraction of sp³-hybridized carbons (Fsp3) is 0.368. The van der Waals surface area contributed by atoms with Crippen LogP contribution in [-0.2, 0) is 11.2 Å². The lowest BCUT2D eigenvalue weighted by atomic mass is 9.97. The van der Waals surface area contributed by atoms with Crippen molar-refractivity contribution in [3.05, 3.63) is 71.3 Å². The molecule has 1 fully saturated rings. The Morgan fingerprint density at radius 1 is 0.955 bits per heavy atom. The molecule has 0 bridgehead atoms. The number of benzene rings is 2. The Labute approximate surface area is 132 Å². The first kappa shape index (κ1) is 15.2. The molecule has 0 aliphatic carbocycles. The summed E-state index contributed by atoms with van der Waals surface area (Å²) in [7, 11) is 0. The fourth-order valence-corrected chi connectivity index (χ4v) is 2.91. The minimum atomic E-state index is -0.0514. The van der Waals surface area contributed by atoms with Gasteiger partial charge in [0.05, 0.1) is 19.3 Å². The quantitative estimate of drug-likeness (QED) is 0.922. The summed E-state index contributed by atoms with van der Waals surface area (Å²) in [5.74, 6) is 0. The van der Waals surface area contributed by atoms with E-state index in [1.807, 2.05) is 18.2 Å². The number of rotatable bonds is 5. The first-order chi connectivity index (χ1) is 10.8. The van der Waals surface area contributed by atoms with Gasteiger partial charge in [0.15, 0.2) is 0 Å². The molecule has 1 saturated heterocycles. The molecule has 3 nitrogen and oxygen atoms in total. The van der Waals surface area contributed by atoms with Crippen LogP contribution in [0.2, 0.25) is 0 Å². The van der Waals surface area contributed by atoms with E-state index in [4.69, 9.17) is 10.5 Å². The molecule has 0 amide bonds. The molecule has 3 heteroatoms.